The molecule has 18 heteroatoms. The van der Waals surface area contributed by atoms with E-state index in [2.05, 4.69) is 16.0 Å². The summed E-state index contributed by atoms with van der Waals surface area (Å²) in [6.45, 7) is 2.95. The molecule has 7 rings (SSSR count). The minimum Gasteiger partial charge on any atom is -0.479 e. The Balaban J connectivity index is 1.00. The summed E-state index contributed by atoms with van der Waals surface area (Å²) < 4.78 is 29.9. The van der Waals surface area contributed by atoms with E-state index < -0.39 is 78.7 Å². The fourth-order valence-electron chi connectivity index (χ4n) is 7.79. The van der Waals surface area contributed by atoms with Crippen LogP contribution in [0.25, 0.3) is 22.3 Å². The molecular weight excluding hydrogens is 797 g/mol. The summed E-state index contributed by atoms with van der Waals surface area (Å²) in [6.07, 6.45) is -3.32. The number of methoxy groups -OCH3 is 1. The standard InChI is InChI=1S/C42H48N6O11S/c1-4-42(27-18-30-33-24(17-23-9-5-6-10-28(23)46-33)20-48(30)39(54)36(27)56-21-31(42)49)59-32(50)19-44-38(53)29(11-7-8-16-43)47-41(60)45-25-12-14-26(15-13-25)58-40-35(52)37(55-3)34(51)22(2)57-40/h5-6,9-10,12-15,17-18,22,29,34-35,37,40,51-52H,4,7-8,11,16,19-21,43H2,1-3H3,(H,44,53)(H2,45,47,60)/t22-,29-,34+,35-,37+,40+,42-/m0/s1. The normalized spacial score (nSPS) is 23.4. The molecule has 0 radical (unpaired) electrons. The topological polar surface area (TPSA) is 235 Å². The van der Waals surface area contributed by atoms with Gasteiger partial charge in [0, 0.05) is 23.7 Å². The van der Waals surface area contributed by atoms with Crippen LogP contribution in [-0.4, -0.2) is 106 Å². The first-order chi connectivity index (χ1) is 28.9. The Hall–Kier alpha value is -5.50. The van der Waals surface area contributed by atoms with Gasteiger partial charge in [-0.05, 0) is 93.8 Å². The maximum atomic E-state index is 13.8. The molecule has 7 N–H and O–H groups in total. The number of hydrogen-bond acceptors (Lipinski definition) is 14. The van der Waals surface area contributed by atoms with Gasteiger partial charge in [0.05, 0.1) is 35.1 Å². The lowest BCUT2D eigenvalue weighted by atomic mass is 9.84. The van der Waals surface area contributed by atoms with Crippen molar-refractivity contribution in [1.29, 1.82) is 0 Å². The molecule has 2 aromatic carbocycles. The second-order valence-electron chi connectivity index (χ2n) is 14.9. The Morgan fingerprint density at radius 1 is 1.10 bits per heavy atom. The monoisotopic (exact) mass is 844 g/mol. The quantitative estimate of drug-likeness (QED) is 0.0533. The number of carbonyl (C=O) groups excluding carboxylic acids is 3. The van der Waals surface area contributed by atoms with Crippen molar-refractivity contribution in [2.75, 3.05) is 32.1 Å². The first-order valence-electron chi connectivity index (χ1n) is 19.8. The first kappa shape index (κ1) is 42.6. The van der Waals surface area contributed by atoms with Crippen LogP contribution in [0.5, 0.6) is 11.5 Å². The van der Waals surface area contributed by atoms with Crippen LogP contribution in [0.2, 0.25) is 0 Å². The molecule has 60 heavy (non-hydrogen) atoms. The number of rotatable bonds is 14. The number of fused-ring (bicyclic) bond motifs is 5. The molecule has 5 heterocycles. The van der Waals surface area contributed by atoms with Gasteiger partial charge in [0.15, 0.2) is 17.5 Å². The molecule has 7 atom stereocenters. The molecule has 0 spiro atoms. The third-order valence-corrected chi connectivity index (χ3v) is 11.3. The van der Waals surface area contributed by atoms with E-state index in [1.54, 1.807) is 48.7 Å². The van der Waals surface area contributed by atoms with Crippen LogP contribution in [0.3, 0.4) is 0 Å². The molecule has 3 aliphatic heterocycles. The number of anilines is 1. The van der Waals surface area contributed by atoms with Crippen LogP contribution >= 0.6 is 12.2 Å². The lowest BCUT2D eigenvalue weighted by Crippen LogP contribution is -2.59. The molecule has 0 bridgehead atoms. The molecule has 2 aromatic heterocycles. The number of para-hydroxylation sites is 1. The van der Waals surface area contributed by atoms with E-state index in [0.29, 0.717) is 48.6 Å². The van der Waals surface area contributed by atoms with E-state index >= 15 is 0 Å². The summed E-state index contributed by atoms with van der Waals surface area (Å²) in [4.78, 5) is 59.4. The van der Waals surface area contributed by atoms with E-state index in [9.17, 15) is 29.4 Å². The predicted octanol–water partition coefficient (Wildman–Crippen LogP) is 2.00. The van der Waals surface area contributed by atoms with Gasteiger partial charge < -0.3 is 55.6 Å². The van der Waals surface area contributed by atoms with Gasteiger partial charge in [-0.25, -0.2) is 4.98 Å². The molecule has 4 aromatic rings. The van der Waals surface area contributed by atoms with Crippen molar-refractivity contribution in [3.8, 4) is 22.9 Å². The van der Waals surface area contributed by atoms with E-state index in [1.807, 2.05) is 30.3 Å². The number of aromatic nitrogens is 2. The molecule has 3 aliphatic rings. The number of esters is 1. The van der Waals surface area contributed by atoms with Crippen molar-refractivity contribution in [1.82, 2.24) is 20.2 Å². The van der Waals surface area contributed by atoms with Gasteiger partial charge in [0.2, 0.25) is 23.6 Å². The van der Waals surface area contributed by atoms with Crippen molar-refractivity contribution in [3.05, 3.63) is 82.1 Å². The Morgan fingerprint density at radius 3 is 2.60 bits per heavy atom. The number of aliphatic hydroxyl groups is 2. The van der Waals surface area contributed by atoms with Crippen LogP contribution in [0.1, 0.15) is 50.7 Å². The summed E-state index contributed by atoms with van der Waals surface area (Å²) in [5.74, 6) is -1.69. The van der Waals surface area contributed by atoms with E-state index in [4.69, 9.17) is 46.6 Å². The third kappa shape index (κ3) is 8.43. The van der Waals surface area contributed by atoms with E-state index in [1.165, 1.54) is 7.11 Å². The molecule has 1 amide bonds. The van der Waals surface area contributed by atoms with Gasteiger partial charge in [-0.15, -0.1) is 0 Å². The Morgan fingerprint density at radius 2 is 1.87 bits per heavy atom. The maximum absolute atomic E-state index is 13.8. The highest BCUT2D eigenvalue weighted by atomic mass is 32.1. The number of hydrogen-bond donors (Lipinski definition) is 6. The fraction of sp³-hybridized carbons (Fsp3) is 0.429. The number of amides is 1. The van der Waals surface area contributed by atoms with E-state index in [-0.39, 0.29) is 29.4 Å². The van der Waals surface area contributed by atoms with Crippen LogP contribution in [-0.2, 0) is 40.7 Å². The molecule has 318 valence electrons. The Kier molecular flexibility index (Phi) is 12.8. The summed E-state index contributed by atoms with van der Waals surface area (Å²) in [5, 5.41) is 30.5. The van der Waals surface area contributed by atoms with Gasteiger partial charge >= 0.3 is 5.97 Å². The largest absolute Gasteiger partial charge is 0.479 e. The molecule has 0 saturated carbocycles. The zero-order chi connectivity index (χ0) is 42.7. The molecule has 0 unspecified atom stereocenters. The van der Waals surface area contributed by atoms with Crippen molar-refractivity contribution in [3.63, 3.8) is 0 Å². The van der Waals surface area contributed by atoms with Gasteiger partial charge in [0.1, 0.15) is 36.6 Å². The number of ketones is 1. The number of thiocarbonyl (C=S) groups is 1. The Labute approximate surface area is 350 Å². The number of unbranched alkanes of at least 4 members (excludes halogenated alkanes) is 1. The van der Waals surface area contributed by atoms with Gasteiger partial charge in [-0.3, -0.25) is 23.7 Å². The van der Waals surface area contributed by atoms with Crippen molar-refractivity contribution < 1.29 is 48.3 Å². The molecule has 1 saturated heterocycles. The Bertz CT molecular complexity index is 2340. The first-order valence-corrected chi connectivity index (χ1v) is 20.2. The highest BCUT2D eigenvalue weighted by molar-refractivity contribution is 7.80. The average molecular weight is 845 g/mol. The summed E-state index contributed by atoms with van der Waals surface area (Å²) in [5.41, 5.74) is 6.73. The van der Waals surface area contributed by atoms with Crippen molar-refractivity contribution in [2.45, 2.75) is 88.4 Å². The predicted molar refractivity (Wildman–Crippen MR) is 222 cm³/mol. The minimum absolute atomic E-state index is 0.00697. The van der Waals surface area contributed by atoms with Crippen molar-refractivity contribution in [2.24, 2.45) is 5.73 Å². The van der Waals surface area contributed by atoms with Gasteiger partial charge in [-0.1, -0.05) is 25.1 Å². The van der Waals surface area contributed by atoms with Crippen LogP contribution in [0.4, 0.5) is 5.69 Å². The highest BCUT2D eigenvalue weighted by Gasteiger charge is 2.50. The summed E-state index contributed by atoms with van der Waals surface area (Å²) in [7, 11) is 1.38. The van der Waals surface area contributed by atoms with Gasteiger partial charge in [-0.2, -0.15) is 0 Å². The maximum Gasteiger partial charge on any atom is 0.326 e. The van der Waals surface area contributed by atoms with Crippen LogP contribution in [0, 0.1) is 0 Å². The number of Topliss-reactive ketones (excluding diaryl/α,β-unsaturated/α-hetero) is 1. The number of nitrogens with one attached hydrogen (secondary N) is 3. The smallest absolute Gasteiger partial charge is 0.326 e. The van der Waals surface area contributed by atoms with E-state index in [0.717, 1.165) is 16.5 Å². The summed E-state index contributed by atoms with van der Waals surface area (Å²) >= 11 is 5.54. The summed E-state index contributed by atoms with van der Waals surface area (Å²) in [6, 6.07) is 16.9. The van der Waals surface area contributed by atoms with Crippen LogP contribution in [0.15, 0.2) is 65.5 Å². The van der Waals surface area contributed by atoms with Crippen molar-refractivity contribution >= 4 is 51.6 Å². The number of carbonyl (C=O) groups is 3. The lowest BCUT2D eigenvalue weighted by Gasteiger charge is -2.40. The lowest BCUT2D eigenvalue weighted by molar-refractivity contribution is -0.272. The molecule has 0 aliphatic carbocycles. The molecule has 17 nitrogen and oxygen atoms in total. The van der Waals surface area contributed by atoms with Crippen LogP contribution < -0.4 is 36.7 Å². The number of aliphatic hydroxyl groups excluding tert-OH is 2. The second-order valence-corrected chi connectivity index (χ2v) is 15.3. The molecular formula is C42H48N6O11S. The zero-order valence-electron chi connectivity index (χ0n) is 33.3. The average Bonchev–Trinajstić information content (AvgIpc) is 3.60. The SMILES string of the molecule is CC[C@@]1(OC(=O)CNC(=O)[C@H](CCCCN)NC(=S)Nc2ccc(O[C@H]3O[C@@H](C)[C@@H](O)[C@@H](OC)[C@@H]3O)cc2)C(=O)COc2c1cc1n(c2=O)Cc2cc3ccccc3nc2-1. The second kappa shape index (κ2) is 18.0. The number of benzene rings is 2. The number of nitrogens with zero attached hydrogens (tertiary/aromatic N) is 2. The third-order valence-electron chi connectivity index (χ3n) is 11.0. The fourth-order valence-corrected chi connectivity index (χ4v) is 8.05. The zero-order valence-corrected chi connectivity index (χ0v) is 34.2. The number of ether oxygens (including phenoxy) is 5. The minimum atomic E-state index is -1.84. The number of nitrogens with two attached hydrogens (primary N) is 1. The highest BCUT2D eigenvalue weighted by Crippen LogP contribution is 2.43. The number of pyridine rings is 2. The van der Waals surface area contributed by atoms with Gasteiger partial charge in [0.25, 0.3) is 5.56 Å². The molecule has 1 fully saturated rings.